The predicted molar refractivity (Wildman–Crippen MR) is 44.6 cm³/mol. The monoisotopic (exact) mass is 140 g/mol. The van der Waals surface area contributed by atoms with Crippen LogP contribution in [0.25, 0.3) is 0 Å². The Labute approximate surface area is 63.4 Å². The minimum atomic E-state index is 0.676. The van der Waals surface area contributed by atoms with Gasteiger partial charge in [-0.05, 0) is 14.1 Å². The first-order valence-electron chi connectivity index (χ1n) is 3.58. The normalized spacial score (nSPS) is 9.20. The summed E-state index contributed by atoms with van der Waals surface area (Å²) in [4.78, 5) is 2.12. The van der Waals surface area contributed by atoms with E-state index in [0.717, 1.165) is 19.4 Å². The number of hydrogen-bond acceptors (Lipinski definition) is 2. The second-order valence-corrected chi connectivity index (χ2v) is 2.45. The van der Waals surface area contributed by atoms with Crippen LogP contribution in [0.4, 0.5) is 0 Å². The predicted octanol–water partition coefficient (Wildman–Crippen LogP) is 0.290. The summed E-state index contributed by atoms with van der Waals surface area (Å²) >= 11 is 0. The zero-order valence-electron chi connectivity index (χ0n) is 6.85. The molecule has 2 N–H and O–H groups in total. The molecule has 0 saturated heterocycles. The molecule has 0 fully saturated rings. The van der Waals surface area contributed by atoms with Crippen LogP contribution in [0, 0.1) is 11.8 Å². The second-order valence-electron chi connectivity index (χ2n) is 2.45. The third-order valence-electron chi connectivity index (χ3n) is 1.08. The third kappa shape index (κ3) is 7.48. The molecule has 0 aliphatic carbocycles. The Kier molecular flexibility index (Phi) is 6.25. The summed E-state index contributed by atoms with van der Waals surface area (Å²) in [6, 6.07) is 0. The summed E-state index contributed by atoms with van der Waals surface area (Å²) in [5.74, 6) is 6.03. The van der Waals surface area contributed by atoms with E-state index < -0.39 is 0 Å². The quantitative estimate of drug-likeness (QED) is 0.571. The highest BCUT2D eigenvalue weighted by molar-refractivity contribution is 4.99. The summed E-state index contributed by atoms with van der Waals surface area (Å²) < 4.78 is 0. The van der Waals surface area contributed by atoms with E-state index in [0.29, 0.717) is 6.54 Å². The SMILES string of the molecule is CN(C)CCC#CCCN. The lowest BCUT2D eigenvalue weighted by Gasteiger charge is -2.03. The van der Waals surface area contributed by atoms with Crippen molar-refractivity contribution >= 4 is 0 Å². The van der Waals surface area contributed by atoms with Crippen LogP contribution in [-0.2, 0) is 0 Å². The zero-order chi connectivity index (χ0) is 7.82. The largest absolute Gasteiger partial charge is 0.330 e. The molecule has 0 aliphatic heterocycles. The lowest BCUT2D eigenvalue weighted by molar-refractivity contribution is 0.419. The Morgan fingerprint density at radius 3 is 2.30 bits per heavy atom. The topological polar surface area (TPSA) is 29.3 Å². The Morgan fingerprint density at radius 1 is 1.20 bits per heavy atom. The van der Waals surface area contributed by atoms with E-state index in [1.807, 2.05) is 14.1 Å². The van der Waals surface area contributed by atoms with Crippen molar-refractivity contribution in [2.24, 2.45) is 5.73 Å². The van der Waals surface area contributed by atoms with Crippen LogP contribution in [0.15, 0.2) is 0 Å². The van der Waals surface area contributed by atoms with Crippen LogP contribution in [0.1, 0.15) is 12.8 Å². The highest BCUT2D eigenvalue weighted by atomic mass is 15.0. The van der Waals surface area contributed by atoms with Crippen molar-refractivity contribution in [1.29, 1.82) is 0 Å². The first-order valence-corrected chi connectivity index (χ1v) is 3.58. The molecule has 0 aliphatic rings. The van der Waals surface area contributed by atoms with Gasteiger partial charge >= 0.3 is 0 Å². The van der Waals surface area contributed by atoms with Gasteiger partial charge in [0.25, 0.3) is 0 Å². The highest BCUT2D eigenvalue weighted by Crippen LogP contribution is 1.79. The number of hydrogen-bond donors (Lipinski definition) is 1. The van der Waals surface area contributed by atoms with Crippen molar-refractivity contribution in [2.75, 3.05) is 27.2 Å². The standard InChI is InChI=1S/C8H16N2/c1-10(2)8-6-4-3-5-7-9/h5-9H2,1-2H3. The second kappa shape index (κ2) is 6.60. The fourth-order valence-corrected chi connectivity index (χ4v) is 0.528. The minimum Gasteiger partial charge on any atom is -0.330 e. The van der Waals surface area contributed by atoms with E-state index in [4.69, 9.17) is 5.73 Å². The summed E-state index contributed by atoms with van der Waals surface area (Å²) in [5, 5.41) is 0. The molecule has 0 heterocycles. The van der Waals surface area contributed by atoms with Gasteiger partial charge in [0.05, 0.1) is 0 Å². The van der Waals surface area contributed by atoms with Crippen molar-refractivity contribution < 1.29 is 0 Å². The van der Waals surface area contributed by atoms with Gasteiger partial charge in [0.1, 0.15) is 0 Å². The lowest BCUT2D eigenvalue weighted by Crippen LogP contribution is -2.11. The van der Waals surface area contributed by atoms with Crippen molar-refractivity contribution in [2.45, 2.75) is 12.8 Å². The van der Waals surface area contributed by atoms with Crippen molar-refractivity contribution in [3.8, 4) is 11.8 Å². The van der Waals surface area contributed by atoms with Crippen LogP contribution < -0.4 is 5.73 Å². The molecule has 0 rings (SSSR count). The first-order chi connectivity index (χ1) is 4.77. The van der Waals surface area contributed by atoms with E-state index in [1.54, 1.807) is 0 Å². The van der Waals surface area contributed by atoms with Crippen LogP contribution in [0.2, 0.25) is 0 Å². The average Bonchev–Trinajstić information content (AvgIpc) is 1.87. The molecule has 0 spiro atoms. The van der Waals surface area contributed by atoms with Crippen molar-refractivity contribution in [1.82, 2.24) is 4.90 Å². The molecule has 0 aromatic carbocycles. The number of nitrogens with two attached hydrogens (primary N) is 1. The number of nitrogens with zero attached hydrogens (tertiary/aromatic N) is 1. The molecule has 0 saturated carbocycles. The molecule has 0 atom stereocenters. The van der Waals surface area contributed by atoms with Gasteiger partial charge in [0.15, 0.2) is 0 Å². The Morgan fingerprint density at radius 2 is 1.80 bits per heavy atom. The van der Waals surface area contributed by atoms with Crippen LogP contribution in [-0.4, -0.2) is 32.1 Å². The molecule has 2 nitrogen and oxygen atoms in total. The van der Waals surface area contributed by atoms with Gasteiger partial charge in [-0.3, -0.25) is 0 Å². The van der Waals surface area contributed by atoms with Gasteiger partial charge in [-0.25, -0.2) is 0 Å². The van der Waals surface area contributed by atoms with E-state index >= 15 is 0 Å². The molecule has 0 aromatic heterocycles. The van der Waals surface area contributed by atoms with Crippen LogP contribution in [0.3, 0.4) is 0 Å². The van der Waals surface area contributed by atoms with Crippen LogP contribution in [0.5, 0.6) is 0 Å². The highest BCUT2D eigenvalue weighted by Gasteiger charge is 1.83. The molecule has 0 amide bonds. The van der Waals surface area contributed by atoms with Crippen molar-refractivity contribution in [3.63, 3.8) is 0 Å². The maximum atomic E-state index is 5.26. The summed E-state index contributed by atoms with van der Waals surface area (Å²) in [6.07, 6.45) is 1.78. The van der Waals surface area contributed by atoms with E-state index in [9.17, 15) is 0 Å². The van der Waals surface area contributed by atoms with Gasteiger partial charge < -0.3 is 10.6 Å². The summed E-state index contributed by atoms with van der Waals surface area (Å²) in [5.41, 5.74) is 5.26. The maximum absolute atomic E-state index is 5.26. The molecular weight excluding hydrogens is 124 g/mol. The average molecular weight is 140 g/mol. The Balaban J connectivity index is 3.12. The molecule has 0 unspecified atom stereocenters. The number of rotatable bonds is 3. The Bertz CT molecular complexity index is 119. The Hall–Kier alpha value is -0.520. The molecule has 0 radical (unpaired) electrons. The summed E-state index contributed by atoms with van der Waals surface area (Å²) in [7, 11) is 4.09. The third-order valence-corrected chi connectivity index (χ3v) is 1.08. The van der Waals surface area contributed by atoms with Crippen LogP contribution >= 0.6 is 0 Å². The zero-order valence-corrected chi connectivity index (χ0v) is 6.85. The molecule has 0 aromatic rings. The van der Waals surface area contributed by atoms with E-state index in [2.05, 4.69) is 16.7 Å². The summed E-state index contributed by atoms with van der Waals surface area (Å²) in [6.45, 7) is 1.71. The van der Waals surface area contributed by atoms with Gasteiger partial charge in [0.2, 0.25) is 0 Å². The smallest absolute Gasteiger partial charge is 0.0216 e. The molecule has 2 heteroatoms. The fourth-order valence-electron chi connectivity index (χ4n) is 0.528. The molecule has 10 heavy (non-hydrogen) atoms. The van der Waals surface area contributed by atoms with Crippen molar-refractivity contribution in [3.05, 3.63) is 0 Å². The lowest BCUT2D eigenvalue weighted by atomic mass is 10.3. The first kappa shape index (κ1) is 9.48. The van der Waals surface area contributed by atoms with Gasteiger partial charge in [-0.15, -0.1) is 11.8 Å². The minimum absolute atomic E-state index is 0.676. The molecule has 0 bridgehead atoms. The van der Waals surface area contributed by atoms with E-state index in [-0.39, 0.29) is 0 Å². The molecular formula is C8H16N2. The van der Waals surface area contributed by atoms with E-state index in [1.165, 1.54) is 0 Å². The maximum Gasteiger partial charge on any atom is 0.0216 e. The van der Waals surface area contributed by atoms with Gasteiger partial charge in [0, 0.05) is 25.9 Å². The van der Waals surface area contributed by atoms with Gasteiger partial charge in [-0.1, -0.05) is 0 Å². The van der Waals surface area contributed by atoms with Gasteiger partial charge in [-0.2, -0.15) is 0 Å². The molecule has 58 valence electrons. The fraction of sp³-hybridized carbons (Fsp3) is 0.750.